The summed E-state index contributed by atoms with van der Waals surface area (Å²) in [5.74, 6) is 0. The molecule has 1 atom stereocenters. The summed E-state index contributed by atoms with van der Waals surface area (Å²) in [7, 11) is 0. The van der Waals surface area contributed by atoms with E-state index in [2.05, 4.69) is 6.58 Å². The normalized spacial score (nSPS) is 12.2. The second-order valence-electron chi connectivity index (χ2n) is 3.71. The van der Waals surface area contributed by atoms with Gasteiger partial charge in [-0.2, -0.15) is 0 Å². The van der Waals surface area contributed by atoms with Gasteiger partial charge in [0.25, 0.3) is 0 Å². The molecule has 0 aliphatic rings. The number of rotatable bonds is 7. The standard InChI is InChI=1S/C11H19FN2/c1-8(7-10(3)13)11(14)6-4-5-9(2)12/h9,13-14H,1,4-7H2,2-3H3/t9-/m1/s1. The number of hydrogen-bond acceptors (Lipinski definition) is 2. The van der Waals surface area contributed by atoms with E-state index >= 15 is 0 Å². The van der Waals surface area contributed by atoms with Crippen LogP contribution in [-0.2, 0) is 0 Å². The van der Waals surface area contributed by atoms with Gasteiger partial charge in [0.15, 0.2) is 0 Å². The van der Waals surface area contributed by atoms with Crippen molar-refractivity contribution >= 4 is 11.4 Å². The van der Waals surface area contributed by atoms with E-state index < -0.39 is 6.17 Å². The van der Waals surface area contributed by atoms with Crippen LogP contribution in [0.3, 0.4) is 0 Å². The molecule has 2 N–H and O–H groups in total. The van der Waals surface area contributed by atoms with Crippen molar-refractivity contribution in [3.8, 4) is 0 Å². The van der Waals surface area contributed by atoms with Crippen molar-refractivity contribution < 1.29 is 4.39 Å². The molecule has 0 spiro atoms. The van der Waals surface area contributed by atoms with Gasteiger partial charge in [-0.25, -0.2) is 4.39 Å². The molecule has 0 aliphatic heterocycles. The van der Waals surface area contributed by atoms with Gasteiger partial charge in [0.05, 0.1) is 6.17 Å². The summed E-state index contributed by atoms with van der Waals surface area (Å²) in [6.45, 7) is 6.96. The van der Waals surface area contributed by atoms with Crippen LogP contribution in [0.25, 0.3) is 0 Å². The Bertz CT molecular complexity index is 231. The van der Waals surface area contributed by atoms with E-state index in [1.165, 1.54) is 6.92 Å². The molecule has 0 radical (unpaired) electrons. The summed E-state index contributed by atoms with van der Waals surface area (Å²) in [4.78, 5) is 0. The SMILES string of the molecule is C=C(CC(C)=N)C(=N)CCC[C@@H](C)F. The molecule has 0 aliphatic carbocycles. The molecule has 0 aromatic carbocycles. The van der Waals surface area contributed by atoms with E-state index in [0.29, 0.717) is 42.7 Å². The molecule has 80 valence electrons. The molecule has 0 unspecified atom stereocenters. The van der Waals surface area contributed by atoms with Crippen LogP contribution in [0.2, 0.25) is 0 Å². The van der Waals surface area contributed by atoms with Gasteiger partial charge in [0.1, 0.15) is 0 Å². The lowest BCUT2D eigenvalue weighted by Crippen LogP contribution is -2.05. The molecule has 0 fully saturated rings. The predicted molar refractivity (Wildman–Crippen MR) is 59.3 cm³/mol. The summed E-state index contributed by atoms with van der Waals surface area (Å²) >= 11 is 0. The van der Waals surface area contributed by atoms with E-state index in [1.807, 2.05) is 0 Å². The summed E-state index contributed by atoms with van der Waals surface area (Å²) in [5, 5.41) is 14.9. The Morgan fingerprint density at radius 3 is 2.43 bits per heavy atom. The lowest BCUT2D eigenvalue weighted by Gasteiger charge is -2.07. The Morgan fingerprint density at radius 2 is 2.00 bits per heavy atom. The average Bonchev–Trinajstić information content (AvgIpc) is 2.01. The number of halogens is 1. The average molecular weight is 198 g/mol. The Hall–Kier alpha value is -0.990. The second kappa shape index (κ2) is 6.46. The molecule has 0 saturated heterocycles. The Balaban J connectivity index is 3.74. The van der Waals surface area contributed by atoms with Gasteiger partial charge in [-0.3, -0.25) is 0 Å². The number of alkyl halides is 1. The van der Waals surface area contributed by atoms with Crippen molar-refractivity contribution in [3.63, 3.8) is 0 Å². The fraction of sp³-hybridized carbons (Fsp3) is 0.636. The maximum Gasteiger partial charge on any atom is 0.0973 e. The molecule has 0 bridgehead atoms. The molecule has 0 saturated carbocycles. The molecule has 14 heavy (non-hydrogen) atoms. The molecular weight excluding hydrogens is 179 g/mol. The molecule has 0 heterocycles. The first-order valence-corrected chi connectivity index (χ1v) is 4.87. The first-order chi connectivity index (χ1) is 6.43. The molecular formula is C11H19FN2. The first-order valence-electron chi connectivity index (χ1n) is 4.87. The van der Waals surface area contributed by atoms with E-state index in [0.717, 1.165) is 0 Å². The summed E-state index contributed by atoms with van der Waals surface area (Å²) in [5.41, 5.74) is 1.65. The lowest BCUT2D eigenvalue weighted by molar-refractivity contribution is 0.336. The molecule has 2 nitrogen and oxygen atoms in total. The van der Waals surface area contributed by atoms with Crippen LogP contribution in [0, 0.1) is 10.8 Å². The lowest BCUT2D eigenvalue weighted by atomic mass is 10.0. The third kappa shape index (κ3) is 6.52. The molecule has 0 aromatic rings. The van der Waals surface area contributed by atoms with E-state index in [9.17, 15) is 4.39 Å². The minimum atomic E-state index is -0.791. The zero-order valence-corrected chi connectivity index (χ0v) is 8.99. The van der Waals surface area contributed by atoms with E-state index in [4.69, 9.17) is 10.8 Å². The van der Waals surface area contributed by atoms with Gasteiger partial charge in [-0.1, -0.05) is 6.58 Å². The summed E-state index contributed by atoms with van der Waals surface area (Å²) in [6, 6.07) is 0. The Kier molecular flexibility index (Phi) is 6.00. The largest absolute Gasteiger partial charge is 0.310 e. The number of nitrogens with one attached hydrogen (secondary N) is 2. The van der Waals surface area contributed by atoms with Crippen molar-refractivity contribution in [2.45, 2.75) is 45.7 Å². The van der Waals surface area contributed by atoms with Gasteiger partial charge in [-0.05, 0) is 38.7 Å². The quantitative estimate of drug-likeness (QED) is 0.588. The first kappa shape index (κ1) is 13.0. The van der Waals surface area contributed by atoms with Crippen LogP contribution in [-0.4, -0.2) is 17.6 Å². The highest BCUT2D eigenvalue weighted by molar-refractivity contribution is 6.01. The molecule has 0 amide bonds. The monoisotopic (exact) mass is 198 g/mol. The van der Waals surface area contributed by atoms with E-state index in [1.54, 1.807) is 6.92 Å². The summed E-state index contributed by atoms with van der Waals surface area (Å²) in [6.07, 6.45) is 1.43. The maximum absolute atomic E-state index is 12.4. The van der Waals surface area contributed by atoms with Crippen LogP contribution in [0.15, 0.2) is 12.2 Å². The van der Waals surface area contributed by atoms with Gasteiger partial charge in [0, 0.05) is 17.8 Å². The van der Waals surface area contributed by atoms with Gasteiger partial charge >= 0.3 is 0 Å². The van der Waals surface area contributed by atoms with Crippen molar-refractivity contribution in [2.24, 2.45) is 0 Å². The highest BCUT2D eigenvalue weighted by atomic mass is 19.1. The summed E-state index contributed by atoms with van der Waals surface area (Å²) < 4.78 is 12.4. The van der Waals surface area contributed by atoms with Crippen LogP contribution in [0.4, 0.5) is 4.39 Å². The fourth-order valence-corrected chi connectivity index (χ4v) is 1.16. The predicted octanol–water partition coefficient (Wildman–Crippen LogP) is 3.52. The van der Waals surface area contributed by atoms with Crippen LogP contribution < -0.4 is 0 Å². The minimum absolute atomic E-state index is 0.456. The van der Waals surface area contributed by atoms with Crippen molar-refractivity contribution in [3.05, 3.63) is 12.2 Å². The molecule has 0 aromatic heterocycles. The third-order valence-electron chi connectivity index (χ3n) is 1.93. The zero-order valence-electron chi connectivity index (χ0n) is 8.99. The Labute approximate surface area is 85.2 Å². The zero-order chi connectivity index (χ0) is 11.1. The highest BCUT2D eigenvalue weighted by Gasteiger charge is 2.05. The number of allylic oxidation sites excluding steroid dienone is 1. The van der Waals surface area contributed by atoms with Crippen molar-refractivity contribution in [2.75, 3.05) is 0 Å². The number of hydrogen-bond donors (Lipinski definition) is 2. The van der Waals surface area contributed by atoms with E-state index in [-0.39, 0.29) is 0 Å². The van der Waals surface area contributed by atoms with Crippen molar-refractivity contribution in [1.29, 1.82) is 10.8 Å². The fourth-order valence-electron chi connectivity index (χ4n) is 1.16. The highest BCUT2D eigenvalue weighted by Crippen LogP contribution is 2.10. The van der Waals surface area contributed by atoms with Gasteiger partial charge in [0.2, 0.25) is 0 Å². The second-order valence-corrected chi connectivity index (χ2v) is 3.71. The Morgan fingerprint density at radius 1 is 1.43 bits per heavy atom. The molecule has 0 rings (SSSR count). The minimum Gasteiger partial charge on any atom is -0.310 e. The third-order valence-corrected chi connectivity index (χ3v) is 1.93. The molecule has 3 heteroatoms. The van der Waals surface area contributed by atoms with Crippen LogP contribution >= 0.6 is 0 Å². The van der Waals surface area contributed by atoms with Gasteiger partial charge < -0.3 is 10.8 Å². The van der Waals surface area contributed by atoms with Crippen LogP contribution in [0.5, 0.6) is 0 Å². The van der Waals surface area contributed by atoms with Gasteiger partial charge in [-0.15, -0.1) is 0 Å². The van der Waals surface area contributed by atoms with Crippen molar-refractivity contribution in [1.82, 2.24) is 0 Å². The smallest absolute Gasteiger partial charge is 0.0973 e. The maximum atomic E-state index is 12.4. The van der Waals surface area contributed by atoms with Crippen LogP contribution in [0.1, 0.15) is 39.5 Å². The topological polar surface area (TPSA) is 47.7 Å².